The standard InChI is InChI=1S/C6H12BrN5O2S/c1-11(4-3-8)15(13,14)6-5(7)9-10-12(6)2/h3-4,8H2,1-2H3. The fourth-order valence-corrected chi connectivity index (χ4v) is 3.25. The van der Waals surface area contributed by atoms with Crippen molar-refractivity contribution < 1.29 is 8.42 Å². The van der Waals surface area contributed by atoms with Crippen molar-refractivity contribution in [1.29, 1.82) is 0 Å². The van der Waals surface area contributed by atoms with Crippen molar-refractivity contribution in [3.63, 3.8) is 0 Å². The summed E-state index contributed by atoms with van der Waals surface area (Å²) in [5, 5.41) is 7.25. The molecule has 1 aromatic rings. The molecule has 0 aliphatic heterocycles. The van der Waals surface area contributed by atoms with Crippen LogP contribution < -0.4 is 5.73 Å². The van der Waals surface area contributed by atoms with E-state index < -0.39 is 10.0 Å². The summed E-state index contributed by atoms with van der Waals surface area (Å²) in [5.41, 5.74) is 5.30. The lowest BCUT2D eigenvalue weighted by Crippen LogP contribution is -2.33. The van der Waals surface area contributed by atoms with Crippen molar-refractivity contribution in [3.8, 4) is 0 Å². The molecule has 0 atom stereocenters. The van der Waals surface area contributed by atoms with Gasteiger partial charge in [0.25, 0.3) is 10.0 Å². The number of aryl methyl sites for hydroxylation is 1. The topological polar surface area (TPSA) is 94.1 Å². The van der Waals surface area contributed by atoms with Crippen molar-refractivity contribution in [2.75, 3.05) is 20.1 Å². The van der Waals surface area contributed by atoms with Gasteiger partial charge in [0.1, 0.15) is 0 Å². The molecule has 1 heterocycles. The lowest BCUT2D eigenvalue weighted by molar-refractivity contribution is 0.466. The van der Waals surface area contributed by atoms with Crippen molar-refractivity contribution >= 4 is 26.0 Å². The van der Waals surface area contributed by atoms with Gasteiger partial charge < -0.3 is 5.73 Å². The fraction of sp³-hybridized carbons (Fsp3) is 0.667. The summed E-state index contributed by atoms with van der Waals surface area (Å²) in [6, 6.07) is 0. The minimum absolute atomic E-state index is 0.0263. The number of nitrogens with zero attached hydrogens (tertiary/aromatic N) is 4. The van der Waals surface area contributed by atoms with Crippen LogP contribution in [0, 0.1) is 0 Å². The van der Waals surface area contributed by atoms with Crippen molar-refractivity contribution in [2.24, 2.45) is 12.8 Å². The zero-order chi connectivity index (χ0) is 11.6. The lowest BCUT2D eigenvalue weighted by Gasteiger charge is -2.15. The number of sulfonamides is 1. The predicted octanol–water partition coefficient (Wildman–Crippen LogP) is -0.843. The summed E-state index contributed by atoms with van der Waals surface area (Å²) >= 11 is 3.04. The quantitative estimate of drug-likeness (QED) is 0.782. The minimum atomic E-state index is -3.57. The largest absolute Gasteiger partial charge is 0.329 e. The summed E-state index contributed by atoms with van der Waals surface area (Å²) in [5.74, 6) is 0. The number of aromatic nitrogens is 3. The van der Waals surface area contributed by atoms with E-state index in [2.05, 4.69) is 26.2 Å². The normalized spacial score (nSPS) is 12.3. The first-order valence-corrected chi connectivity index (χ1v) is 6.36. The van der Waals surface area contributed by atoms with Crippen molar-refractivity contribution in [2.45, 2.75) is 5.03 Å². The monoisotopic (exact) mass is 297 g/mol. The Bertz CT molecular complexity index is 423. The van der Waals surface area contributed by atoms with Crippen LogP contribution in [0.3, 0.4) is 0 Å². The number of nitrogens with two attached hydrogens (primary N) is 1. The lowest BCUT2D eigenvalue weighted by atomic mass is 10.7. The van der Waals surface area contributed by atoms with Crippen LogP contribution in [0.25, 0.3) is 0 Å². The zero-order valence-corrected chi connectivity index (χ0v) is 10.8. The molecule has 7 nitrogen and oxygen atoms in total. The number of hydrogen-bond donors (Lipinski definition) is 1. The Morgan fingerprint density at radius 2 is 2.20 bits per heavy atom. The van der Waals surface area contributed by atoms with Crippen LogP contribution in [0.15, 0.2) is 9.63 Å². The molecule has 0 aliphatic carbocycles. The molecule has 0 unspecified atom stereocenters. The molecule has 15 heavy (non-hydrogen) atoms. The first-order chi connectivity index (χ1) is 6.91. The van der Waals surface area contributed by atoms with E-state index in [0.29, 0.717) is 0 Å². The second-order valence-electron chi connectivity index (χ2n) is 2.92. The second-order valence-corrected chi connectivity index (χ2v) is 5.64. The molecule has 2 N–H and O–H groups in total. The highest BCUT2D eigenvalue weighted by molar-refractivity contribution is 9.10. The Labute approximate surface area is 96.4 Å². The summed E-state index contributed by atoms with van der Waals surface area (Å²) < 4.78 is 26.5. The number of likely N-dealkylation sites (N-methyl/N-ethyl adjacent to an activating group) is 1. The molecule has 0 bridgehead atoms. The van der Waals surface area contributed by atoms with Crippen molar-refractivity contribution in [3.05, 3.63) is 4.60 Å². The molecule has 0 radical (unpaired) electrons. The molecule has 1 aromatic heterocycles. The maximum absolute atomic E-state index is 12.0. The number of halogens is 1. The fourth-order valence-electron chi connectivity index (χ4n) is 1.05. The van der Waals surface area contributed by atoms with Gasteiger partial charge >= 0.3 is 0 Å². The average molecular weight is 298 g/mol. The van der Waals surface area contributed by atoms with Gasteiger partial charge in [0.2, 0.25) is 5.03 Å². The van der Waals surface area contributed by atoms with Gasteiger partial charge in [-0.2, -0.15) is 4.31 Å². The smallest absolute Gasteiger partial charge is 0.262 e. The molecule has 0 aliphatic rings. The van der Waals surface area contributed by atoms with Crippen LogP contribution in [-0.2, 0) is 17.1 Å². The average Bonchev–Trinajstić information content (AvgIpc) is 2.46. The Morgan fingerprint density at radius 3 is 2.60 bits per heavy atom. The summed E-state index contributed by atoms with van der Waals surface area (Å²) in [6.07, 6.45) is 0. The molecule has 0 amide bonds. The Morgan fingerprint density at radius 1 is 1.60 bits per heavy atom. The highest BCUT2D eigenvalue weighted by Crippen LogP contribution is 2.20. The first kappa shape index (κ1) is 12.6. The van der Waals surface area contributed by atoms with Gasteiger partial charge in [-0.1, -0.05) is 5.21 Å². The zero-order valence-electron chi connectivity index (χ0n) is 8.38. The van der Waals surface area contributed by atoms with Gasteiger partial charge in [0.15, 0.2) is 4.60 Å². The van der Waals surface area contributed by atoms with E-state index in [1.165, 1.54) is 18.8 Å². The summed E-state index contributed by atoms with van der Waals surface area (Å²) in [6.45, 7) is 0.512. The third kappa shape index (κ3) is 2.36. The second kappa shape index (κ2) is 4.56. The molecule has 0 saturated carbocycles. The molecule has 0 saturated heterocycles. The number of hydrogen-bond acceptors (Lipinski definition) is 5. The van der Waals surface area contributed by atoms with Crippen LogP contribution in [0.1, 0.15) is 0 Å². The Balaban J connectivity index is 3.17. The maximum atomic E-state index is 12.0. The van der Waals surface area contributed by atoms with E-state index in [9.17, 15) is 8.42 Å². The van der Waals surface area contributed by atoms with Gasteiger partial charge in [-0.15, -0.1) is 5.10 Å². The minimum Gasteiger partial charge on any atom is -0.329 e. The van der Waals surface area contributed by atoms with E-state index in [4.69, 9.17) is 5.73 Å². The Hall–Kier alpha value is -0.510. The molecule has 9 heteroatoms. The molecule has 0 fully saturated rings. The molecule has 86 valence electrons. The van der Waals surface area contributed by atoms with Gasteiger partial charge in [-0.3, -0.25) is 0 Å². The maximum Gasteiger partial charge on any atom is 0.262 e. The first-order valence-electron chi connectivity index (χ1n) is 4.13. The van der Waals surface area contributed by atoms with Crippen LogP contribution in [0.2, 0.25) is 0 Å². The van der Waals surface area contributed by atoms with Gasteiger partial charge in [-0.05, 0) is 15.9 Å². The molecule has 0 spiro atoms. The van der Waals surface area contributed by atoms with Crippen LogP contribution in [0.5, 0.6) is 0 Å². The van der Waals surface area contributed by atoms with E-state index in [1.807, 2.05) is 0 Å². The van der Waals surface area contributed by atoms with E-state index in [0.717, 1.165) is 4.31 Å². The number of rotatable bonds is 4. The van der Waals surface area contributed by atoms with Gasteiger partial charge in [-0.25, -0.2) is 13.1 Å². The highest BCUT2D eigenvalue weighted by atomic mass is 79.9. The van der Waals surface area contributed by atoms with E-state index in [1.54, 1.807) is 0 Å². The predicted molar refractivity (Wildman–Crippen MR) is 57.6 cm³/mol. The molecular weight excluding hydrogens is 286 g/mol. The molecule has 0 aromatic carbocycles. The van der Waals surface area contributed by atoms with Crippen LogP contribution in [-0.4, -0.2) is 47.9 Å². The van der Waals surface area contributed by atoms with E-state index in [-0.39, 0.29) is 22.7 Å². The Kier molecular flexibility index (Phi) is 3.82. The molecule has 1 rings (SSSR count). The summed E-state index contributed by atoms with van der Waals surface area (Å²) in [7, 11) is -0.600. The van der Waals surface area contributed by atoms with Crippen LogP contribution in [0.4, 0.5) is 0 Å². The summed E-state index contributed by atoms with van der Waals surface area (Å²) in [4.78, 5) is 0. The molecular formula is C6H12BrN5O2S. The third-order valence-corrected chi connectivity index (χ3v) is 4.58. The van der Waals surface area contributed by atoms with E-state index >= 15 is 0 Å². The SMILES string of the molecule is CN(CCN)S(=O)(=O)c1c(Br)nnn1C. The highest BCUT2D eigenvalue weighted by Gasteiger charge is 2.27. The van der Waals surface area contributed by atoms with Crippen LogP contribution >= 0.6 is 15.9 Å². The van der Waals surface area contributed by atoms with Gasteiger partial charge in [0.05, 0.1) is 0 Å². The van der Waals surface area contributed by atoms with Crippen molar-refractivity contribution in [1.82, 2.24) is 19.3 Å². The van der Waals surface area contributed by atoms with Gasteiger partial charge in [0, 0.05) is 27.2 Å². The third-order valence-electron chi connectivity index (χ3n) is 1.84.